The highest BCUT2D eigenvalue weighted by molar-refractivity contribution is 5.86. The van der Waals surface area contributed by atoms with Gasteiger partial charge in [-0.2, -0.15) is 0 Å². The Morgan fingerprint density at radius 1 is 1.67 bits per heavy atom. The van der Waals surface area contributed by atoms with Crippen molar-refractivity contribution in [2.24, 2.45) is 7.05 Å². The van der Waals surface area contributed by atoms with Gasteiger partial charge in [-0.15, -0.1) is 0 Å². The molecule has 0 saturated heterocycles. The Bertz CT molecular complexity index is 362. The molecule has 6 heteroatoms. The van der Waals surface area contributed by atoms with Crippen molar-refractivity contribution in [2.45, 2.75) is 6.61 Å². The van der Waals surface area contributed by atoms with E-state index in [0.29, 0.717) is 0 Å². The highest BCUT2D eigenvalue weighted by atomic mass is 16.4. The molecule has 1 rings (SSSR count). The Morgan fingerprint density at radius 2 is 2.25 bits per heavy atom. The molecule has 12 heavy (non-hydrogen) atoms. The quantitative estimate of drug-likeness (QED) is 0.527. The number of aromatic carboxylic acids is 1. The molecular formula is C6H8N2O4. The summed E-state index contributed by atoms with van der Waals surface area (Å²) < 4.78 is 1.06. The van der Waals surface area contributed by atoms with Crippen molar-refractivity contribution < 1.29 is 15.0 Å². The van der Waals surface area contributed by atoms with Crippen LogP contribution in [-0.2, 0) is 13.7 Å². The molecule has 0 atom stereocenters. The summed E-state index contributed by atoms with van der Waals surface area (Å²) >= 11 is 0. The number of aliphatic hydroxyl groups is 1. The molecule has 0 unspecified atom stereocenters. The summed E-state index contributed by atoms with van der Waals surface area (Å²) in [5.74, 6) is -1.25. The van der Waals surface area contributed by atoms with Gasteiger partial charge in [0, 0.05) is 7.05 Å². The second kappa shape index (κ2) is 2.82. The summed E-state index contributed by atoms with van der Waals surface area (Å²) in [5, 5.41) is 17.3. The molecule has 1 heterocycles. The SMILES string of the molecule is Cn1c(CO)c(C(=O)O)[nH]c1=O. The Morgan fingerprint density at radius 3 is 2.58 bits per heavy atom. The van der Waals surface area contributed by atoms with Crippen molar-refractivity contribution in [1.82, 2.24) is 9.55 Å². The van der Waals surface area contributed by atoms with E-state index in [1.54, 1.807) is 0 Å². The molecule has 1 aromatic rings. The van der Waals surface area contributed by atoms with Crippen molar-refractivity contribution in [3.8, 4) is 0 Å². The third-order valence-electron chi connectivity index (χ3n) is 1.59. The fraction of sp³-hybridized carbons (Fsp3) is 0.333. The van der Waals surface area contributed by atoms with Gasteiger partial charge < -0.3 is 10.2 Å². The third kappa shape index (κ3) is 1.12. The molecule has 0 aliphatic rings. The zero-order valence-electron chi connectivity index (χ0n) is 6.37. The number of imidazole rings is 1. The van der Waals surface area contributed by atoms with E-state index in [1.807, 2.05) is 0 Å². The minimum atomic E-state index is -1.25. The summed E-state index contributed by atoms with van der Waals surface area (Å²) in [7, 11) is 1.39. The zero-order chi connectivity index (χ0) is 9.30. The molecule has 0 radical (unpaired) electrons. The average Bonchev–Trinajstić information content (AvgIpc) is 2.29. The van der Waals surface area contributed by atoms with Gasteiger partial charge in [-0.3, -0.25) is 9.55 Å². The molecule has 0 bridgehead atoms. The van der Waals surface area contributed by atoms with Gasteiger partial charge in [-0.1, -0.05) is 0 Å². The minimum Gasteiger partial charge on any atom is -0.477 e. The molecule has 0 amide bonds. The third-order valence-corrected chi connectivity index (χ3v) is 1.59. The van der Waals surface area contributed by atoms with Crippen LogP contribution >= 0.6 is 0 Å². The number of H-pyrrole nitrogens is 1. The predicted octanol–water partition coefficient (Wildman–Crippen LogP) is -1.10. The van der Waals surface area contributed by atoms with E-state index in [2.05, 4.69) is 4.98 Å². The lowest BCUT2D eigenvalue weighted by Crippen LogP contribution is -2.14. The van der Waals surface area contributed by atoms with Gasteiger partial charge in [0.25, 0.3) is 0 Å². The van der Waals surface area contributed by atoms with Crippen LogP contribution in [0.25, 0.3) is 0 Å². The molecule has 0 aliphatic carbocycles. The highest BCUT2D eigenvalue weighted by Crippen LogP contribution is 2.01. The lowest BCUT2D eigenvalue weighted by Gasteiger charge is -1.96. The molecular weight excluding hydrogens is 164 g/mol. The van der Waals surface area contributed by atoms with E-state index < -0.39 is 18.3 Å². The Kier molecular flexibility index (Phi) is 2.01. The largest absolute Gasteiger partial charge is 0.477 e. The number of aromatic amines is 1. The molecule has 0 spiro atoms. The van der Waals surface area contributed by atoms with Crippen LogP contribution in [0.5, 0.6) is 0 Å². The van der Waals surface area contributed by atoms with Crippen LogP contribution in [0.15, 0.2) is 4.79 Å². The Labute approximate surface area is 67.1 Å². The van der Waals surface area contributed by atoms with Gasteiger partial charge in [-0.25, -0.2) is 9.59 Å². The summed E-state index contributed by atoms with van der Waals surface area (Å²) in [5.41, 5.74) is -0.728. The summed E-state index contributed by atoms with van der Waals surface area (Å²) in [6.45, 7) is -0.475. The smallest absolute Gasteiger partial charge is 0.354 e. The number of aliphatic hydroxyl groups excluding tert-OH is 1. The molecule has 66 valence electrons. The van der Waals surface area contributed by atoms with Crippen LogP contribution in [0.1, 0.15) is 16.2 Å². The van der Waals surface area contributed by atoms with Crippen LogP contribution in [0, 0.1) is 0 Å². The molecule has 0 aromatic carbocycles. The van der Waals surface area contributed by atoms with Crippen LogP contribution in [-0.4, -0.2) is 25.7 Å². The van der Waals surface area contributed by atoms with Crippen LogP contribution in [0.3, 0.4) is 0 Å². The highest BCUT2D eigenvalue weighted by Gasteiger charge is 2.15. The number of carboxylic acid groups (broad SMARTS) is 1. The van der Waals surface area contributed by atoms with Gasteiger partial charge in [0.15, 0.2) is 5.69 Å². The van der Waals surface area contributed by atoms with Gasteiger partial charge in [0.2, 0.25) is 0 Å². The fourth-order valence-electron chi connectivity index (χ4n) is 0.915. The minimum absolute atomic E-state index is 0.0764. The Balaban J connectivity index is 3.39. The van der Waals surface area contributed by atoms with Gasteiger partial charge in [0.1, 0.15) is 0 Å². The predicted molar refractivity (Wildman–Crippen MR) is 38.9 cm³/mol. The maximum Gasteiger partial charge on any atom is 0.354 e. The molecule has 0 saturated carbocycles. The molecule has 3 N–H and O–H groups in total. The summed E-state index contributed by atoms with van der Waals surface area (Å²) in [6, 6.07) is 0. The number of nitrogens with one attached hydrogen (secondary N) is 1. The van der Waals surface area contributed by atoms with Crippen LogP contribution < -0.4 is 5.69 Å². The number of hydrogen-bond donors (Lipinski definition) is 3. The number of carboxylic acids is 1. The van der Waals surface area contributed by atoms with Gasteiger partial charge in [0.05, 0.1) is 12.3 Å². The first-order valence-corrected chi connectivity index (χ1v) is 3.20. The maximum absolute atomic E-state index is 10.9. The van der Waals surface area contributed by atoms with Gasteiger partial charge in [-0.05, 0) is 0 Å². The molecule has 0 aliphatic heterocycles. The number of rotatable bonds is 2. The number of carbonyl (C=O) groups is 1. The molecule has 1 aromatic heterocycles. The first kappa shape index (κ1) is 8.54. The van der Waals surface area contributed by atoms with Crippen molar-refractivity contribution in [3.63, 3.8) is 0 Å². The van der Waals surface area contributed by atoms with Crippen molar-refractivity contribution >= 4 is 5.97 Å². The second-order valence-electron chi connectivity index (χ2n) is 2.27. The maximum atomic E-state index is 10.9. The second-order valence-corrected chi connectivity index (χ2v) is 2.27. The number of hydrogen-bond acceptors (Lipinski definition) is 3. The van der Waals surface area contributed by atoms with E-state index in [9.17, 15) is 9.59 Å². The van der Waals surface area contributed by atoms with Crippen LogP contribution in [0.2, 0.25) is 0 Å². The fourth-order valence-corrected chi connectivity index (χ4v) is 0.915. The first-order valence-electron chi connectivity index (χ1n) is 3.20. The van der Waals surface area contributed by atoms with Gasteiger partial charge >= 0.3 is 11.7 Å². The molecule has 0 fully saturated rings. The normalized spacial score (nSPS) is 10.2. The lowest BCUT2D eigenvalue weighted by atomic mass is 10.3. The average molecular weight is 172 g/mol. The molecule has 6 nitrogen and oxygen atoms in total. The first-order chi connectivity index (χ1) is 5.57. The lowest BCUT2D eigenvalue weighted by molar-refractivity contribution is 0.0687. The topological polar surface area (TPSA) is 95.3 Å². The summed E-state index contributed by atoms with van der Waals surface area (Å²) in [4.78, 5) is 23.4. The summed E-state index contributed by atoms with van der Waals surface area (Å²) in [6.07, 6.45) is 0. The number of aromatic nitrogens is 2. The standard InChI is InChI=1S/C6H8N2O4/c1-8-3(2-9)4(5(10)11)7-6(8)12/h9H,2H2,1H3,(H,7,12)(H,10,11). The van der Waals surface area contributed by atoms with Crippen LogP contribution in [0.4, 0.5) is 0 Å². The van der Waals surface area contributed by atoms with Crippen molar-refractivity contribution in [1.29, 1.82) is 0 Å². The van der Waals surface area contributed by atoms with E-state index in [1.165, 1.54) is 7.05 Å². The van der Waals surface area contributed by atoms with Crippen molar-refractivity contribution in [3.05, 3.63) is 21.9 Å². The monoisotopic (exact) mass is 172 g/mol. The number of nitrogens with zero attached hydrogens (tertiary/aromatic N) is 1. The van der Waals surface area contributed by atoms with E-state index in [0.717, 1.165) is 4.57 Å². The van der Waals surface area contributed by atoms with E-state index in [4.69, 9.17) is 10.2 Å². The van der Waals surface area contributed by atoms with Crippen molar-refractivity contribution in [2.75, 3.05) is 0 Å². The van der Waals surface area contributed by atoms with E-state index >= 15 is 0 Å². The Hall–Kier alpha value is -1.56. The van der Waals surface area contributed by atoms with E-state index in [-0.39, 0.29) is 11.4 Å². The zero-order valence-corrected chi connectivity index (χ0v) is 6.37.